The van der Waals surface area contributed by atoms with Crippen LogP contribution in [-0.4, -0.2) is 44.1 Å². The van der Waals surface area contributed by atoms with E-state index in [1.54, 1.807) is 24.3 Å². The molecule has 0 spiro atoms. The van der Waals surface area contributed by atoms with E-state index in [1.165, 1.54) is 30.1 Å². The number of para-hydroxylation sites is 2. The molecule has 1 aliphatic rings. The normalized spacial score (nSPS) is 15.2. The molecule has 0 saturated heterocycles. The maximum absolute atomic E-state index is 12.7. The Morgan fingerprint density at radius 1 is 1.18 bits per heavy atom. The molecule has 0 aromatic heterocycles. The molecular weight excluding hydrogens is 407 g/mol. The van der Waals surface area contributed by atoms with Crippen LogP contribution in [0.2, 0.25) is 10.0 Å². The van der Waals surface area contributed by atoms with Crippen molar-refractivity contribution in [3.63, 3.8) is 0 Å². The summed E-state index contributed by atoms with van der Waals surface area (Å²) in [5.74, 6) is -1.17. The summed E-state index contributed by atoms with van der Waals surface area (Å²) in [6, 6.07) is 11.1. The molecule has 0 unspecified atom stereocenters. The number of ether oxygens (including phenoxy) is 2. The van der Waals surface area contributed by atoms with Crippen LogP contribution in [0.15, 0.2) is 42.5 Å². The van der Waals surface area contributed by atoms with Crippen LogP contribution in [0.1, 0.15) is 10.4 Å². The molecule has 0 fully saturated rings. The molecule has 0 aliphatic carbocycles. The summed E-state index contributed by atoms with van der Waals surface area (Å²) in [6.45, 7) is -0.506. The number of likely N-dealkylation sites (N-methyl/N-ethyl adjacent to an activating group) is 1. The van der Waals surface area contributed by atoms with Crippen LogP contribution in [0, 0.1) is 0 Å². The van der Waals surface area contributed by atoms with Crippen molar-refractivity contribution in [2.24, 2.45) is 0 Å². The molecule has 3 rings (SSSR count). The van der Waals surface area contributed by atoms with E-state index in [4.69, 9.17) is 32.7 Å². The first kappa shape index (κ1) is 20.0. The third-order valence-electron chi connectivity index (χ3n) is 4.10. The van der Waals surface area contributed by atoms with Gasteiger partial charge in [-0.2, -0.15) is 0 Å². The third-order valence-corrected chi connectivity index (χ3v) is 4.83. The lowest BCUT2D eigenvalue weighted by molar-refractivity contribution is -0.128. The summed E-state index contributed by atoms with van der Waals surface area (Å²) in [4.78, 5) is 38.2. The highest BCUT2D eigenvalue weighted by molar-refractivity contribution is 6.42. The first-order valence-electron chi connectivity index (χ1n) is 8.30. The number of anilines is 1. The molecule has 1 heterocycles. The fraction of sp³-hybridized carbons (Fsp3) is 0.211. The molecule has 2 aromatic rings. The second-order valence-electron chi connectivity index (χ2n) is 5.90. The number of hydrogen-bond acceptors (Lipinski definition) is 5. The highest BCUT2D eigenvalue weighted by Gasteiger charge is 2.33. The van der Waals surface area contributed by atoms with Crippen molar-refractivity contribution in [3.05, 3.63) is 58.1 Å². The first-order chi connectivity index (χ1) is 13.4. The van der Waals surface area contributed by atoms with Gasteiger partial charge in [0.1, 0.15) is 5.75 Å². The molecule has 28 heavy (non-hydrogen) atoms. The monoisotopic (exact) mass is 422 g/mol. The summed E-state index contributed by atoms with van der Waals surface area (Å²) in [6.07, 6.45) is -0.866. The topological polar surface area (TPSA) is 84.9 Å². The van der Waals surface area contributed by atoms with Gasteiger partial charge in [0.05, 0.1) is 27.8 Å². The summed E-state index contributed by atoms with van der Waals surface area (Å²) in [5.41, 5.74) is 0.672. The molecule has 2 amide bonds. The Bertz CT molecular complexity index is 934. The fourth-order valence-corrected chi connectivity index (χ4v) is 2.98. The smallest absolute Gasteiger partial charge is 0.338 e. The van der Waals surface area contributed by atoms with Gasteiger partial charge in [0, 0.05) is 7.05 Å². The Kier molecular flexibility index (Phi) is 6.06. The third kappa shape index (κ3) is 4.21. The van der Waals surface area contributed by atoms with Gasteiger partial charge in [-0.1, -0.05) is 35.3 Å². The number of carbonyl (C=O) groups is 3. The second-order valence-corrected chi connectivity index (χ2v) is 6.71. The number of halogens is 2. The van der Waals surface area contributed by atoms with Crippen molar-refractivity contribution in [2.75, 3.05) is 25.1 Å². The van der Waals surface area contributed by atoms with Crippen LogP contribution in [0.3, 0.4) is 0 Å². The van der Waals surface area contributed by atoms with Crippen molar-refractivity contribution in [2.45, 2.75) is 6.10 Å². The lowest BCUT2D eigenvalue weighted by Gasteiger charge is -2.33. The van der Waals surface area contributed by atoms with Crippen molar-refractivity contribution >= 4 is 46.7 Å². The number of carbonyl (C=O) groups excluding carboxylic acids is 3. The number of nitrogens with one attached hydrogen (secondary N) is 1. The Morgan fingerprint density at radius 3 is 2.64 bits per heavy atom. The predicted molar refractivity (Wildman–Crippen MR) is 104 cm³/mol. The van der Waals surface area contributed by atoms with Crippen LogP contribution in [0.5, 0.6) is 5.75 Å². The SMILES string of the molecule is CNC(=O)[C@@H]1CN(C(=O)COC(=O)c2ccc(Cl)c(Cl)c2)c2ccccc2O1. The van der Waals surface area contributed by atoms with Gasteiger partial charge in [0.2, 0.25) is 0 Å². The van der Waals surface area contributed by atoms with Gasteiger partial charge < -0.3 is 19.7 Å². The number of nitrogens with zero attached hydrogens (tertiary/aromatic N) is 1. The molecule has 9 heteroatoms. The number of benzene rings is 2. The zero-order valence-corrected chi connectivity index (χ0v) is 16.3. The lowest BCUT2D eigenvalue weighted by atomic mass is 10.1. The minimum absolute atomic E-state index is 0.000155. The minimum atomic E-state index is -0.866. The van der Waals surface area contributed by atoms with E-state index in [9.17, 15) is 14.4 Å². The Balaban J connectivity index is 1.73. The summed E-state index contributed by atoms with van der Waals surface area (Å²) in [5, 5.41) is 3.01. The number of fused-ring (bicyclic) bond motifs is 1. The fourth-order valence-electron chi connectivity index (χ4n) is 2.68. The van der Waals surface area contributed by atoms with Gasteiger partial charge in [0.15, 0.2) is 12.7 Å². The van der Waals surface area contributed by atoms with Crippen LogP contribution < -0.4 is 15.0 Å². The van der Waals surface area contributed by atoms with Gasteiger partial charge in [-0.05, 0) is 30.3 Å². The zero-order valence-electron chi connectivity index (χ0n) is 14.8. The van der Waals surface area contributed by atoms with Gasteiger partial charge >= 0.3 is 5.97 Å². The largest absolute Gasteiger partial charge is 0.477 e. The highest BCUT2D eigenvalue weighted by Crippen LogP contribution is 2.33. The maximum atomic E-state index is 12.7. The van der Waals surface area contributed by atoms with Crippen LogP contribution >= 0.6 is 23.2 Å². The molecular formula is C19H16Cl2N2O5. The van der Waals surface area contributed by atoms with E-state index >= 15 is 0 Å². The Labute approximate surface area is 171 Å². The maximum Gasteiger partial charge on any atom is 0.338 e. The molecule has 0 radical (unpaired) electrons. The van der Waals surface area contributed by atoms with Gasteiger partial charge in [-0.25, -0.2) is 4.79 Å². The number of hydrogen-bond donors (Lipinski definition) is 1. The van der Waals surface area contributed by atoms with E-state index < -0.39 is 24.6 Å². The van der Waals surface area contributed by atoms with E-state index in [1.807, 2.05) is 0 Å². The molecule has 0 saturated carbocycles. The zero-order chi connectivity index (χ0) is 20.3. The average Bonchev–Trinajstić information content (AvgIpc) is 2.72. The van der Waals surface area contributed by atoms with Crippen molar-refractivity contribution in [1.82, 2.24) is 5.32 Å². The number of amides is 2. The van der Waals surface area contributed by atoms with Gasteiger partial charge in [-0.15, -0.1) is 0 Å². The summed E-state index contributed by atoms with van der Waals surface area (Å²) >= 11 is 11.7. The van der Waals surface area contributed by atoms with Crippen molar-refractivity contribution < 1.29 is 23.9 Å². The Morgan fingerprint density at radius 2 is 1.93 bits per heavy atom. The Hall–Kier alpha value is -2.77. The first-order valence-corrected chi connectivity index (χ1v) is 9.06. The van der Waals surface area contributed by atoms with Crippen LogP contribution in [0.25, 0.3) is 0 Å². The average molecular weight is 423 g/mol. The summed E-state index contributed by atoms with van der Waals surface area (Å²) < 4.78 is 10.7. The molecule has 1 N–H and O–H groups in total. The van der Waals surface area contributed by atoms with E-state index in [0.717, 1.165) is 0 Å². The quantitative estimate of drug-likeness (QED) is 0.765. The van der Waals surface area contributed by atoms with E-state index in [0.29, 0.717) is 16.5 Å². The predicted octanol–water partition coefficient (Wildman–Crippen LogP) is 2.69. The summed E-state index contributed by atoms with van der Waals surface area (Å²) in [7, 11) is 1.48. The van der Waals surface area contributed by atoms with Gasteiger partial charge in [0.25, 0.3) is 11.8 Å². The molecule has 146 valence electrons. The molecule has 7 nitrogen and oxygen atoms in total. The standard InChI is InChI=1S/C19H16Cl2N2O5/c1-22-18(25)16-9-23(14-4-2-3-5-15(14)28-16)17(24)10-27-19(26)11-6-7-12(20)13(21)8-11/h2-8,16H,9-10H2,1H3,(H,22,25)/t16-/m0/s1. The highest BCUT2D eigenvalue weighted by atomic mass is 35.5. The lowest BCUT2D eigenvalue weighted by Crippen LogP contribution is -2.51. The molecule has 2 aromatic carbocycles. The number of rotatable bonds is 4. The molecule has 0 bridgehead atoms. The molecule has 1 atom stereocenters. The van der Waals surface area contributed by atoms with Gasteiger partial charge in [-0.3, -0.25) is 9.59 Å². The van der Waals surface area contributed by atoms with Crippen molar-refractivity contribution in [1.29, 1.82) is 0 Å². The number of esters is 1. The van der Waals surface area contributed by atoms with Crippen molar-refractivity contribution in [3.8, 4) is 5.75 Å². The second kappa shape index (κ2) is 8.50. The van der Waals surface area contributed by atoms with Crippen LogP contribution in [-0.2, 0) is 14.3 Å². The minimum Gasteiger partial charge on any atom is -0.477 e. The van der Waals surface area contributed by atoms with E-state index in [-0.39, 0.29) is 23.0 Å². The van der Waals surface area contributed by atoms with Crippen LogP contribution in [0.4, 0.5) is 5.69 Å². The van der Waals surface area contributed by atoms with E-state index in [2.05, 4.69) is 5.32 Å². The molecule has 1 aliphatic heterocycles.